The Labute approximate surface area is 131 Å². The molecule has 1 amide bonds. The summed E-state index contributed by atoms with van der Waals surface area (Å²) in [7, 11) is 0. The van der Waals surface area contributed by atoms with E-state index in [1.54, 1.807) is 17.2 Å². The SMILES string of the molecule is C=CCN(Cc1ccc(Cl)s1)C(=O)Cn1cc(CN)nn1. The molecule has 2 rings (SSSR count). The van der Waals surface area contributed by atoms with Crippen LogP contribution in [-0.2, 0) is 24.4 Å². The van der Waals surface area contributed by atoms with E-state index in [0.29, 0.717) is 29.7 Å². The fourth-order valence-corrected chi connectivity index (χ4v) is 2.89. The lowest BCUT2D eigenvalue weighted by atomic mass is 10.3. The third-order valence-electron chi connectivity index (χ3n) is 2.77. The number of thiophene rings is 1. The molecule has 2 heterocycles. The van der Waals surface area contributed by atoms with Crippen LogP contribution in [-0.4, -0.2) is 32.3 Å². The normalized spacial score (nSPS) is 10.6. The largest absolute Gasteiger partial charge is 0.332 e. The molecule has 2 N–H and O–H groups in total. The van der Waals surface area contributed by atoms with Crippen LogP contribution < -0.4 is 5.73 Å². The van der Waals surface area contributed by atoms with Gasteiger partial charge in [0.2, 0.25) is 5.91 Å². The quantitative estimate of drug-likeness (QED) is 0.785. The summed E-state index contributed by atoms with van der Waals surface area (Å²) in [5.74, 6) is -0.0621. The molecule has 0 atom stereocenters. The van der Waals surface area contributed by atoms with Crippen LogP contribution in [0, 0.1) is 0 Å². The van der Waals surface area contributed by atoms with Crippen LogP contribution in [0.2, 0.25) is 4.34 Å². The van der Waals surface area contributed by atoms with Gasteiger partial charge in [0, 0.05) is 18.0 Å². The van der Waals surface area contributed by atoms with Crippen molar-refractivity contribution in [2.45, 2.75) is 19.6 Å². The number of aromatic nitrogens is 3. The maximum absolute atomic E-state index is 12.3. The number of amides is 1. The van der Waals surface area contributed by atoms with Crippen LogP contribution in [0.15, 0.2) is 31.0 Å². The summed E-state index contributed by atoms with van der Waals surface area (Å²) in [6, 6.07) is 3.74. The average Bonchev–Trinajstić information content (AvgIpc) is 3.07. The Hall–Kier alpha value is -1.70. The molecular formula is C13H16ClN5OS. The van der Waals surface area contributed by atoms with Gasteiger partial charge >= 0.3 is 0 Å². The highest BCUT2D eigenvalue weighted by atomic mass is 35.5. The van der Waals surface area contributed by atoms with E-state index < -0.39 is 0 Å². The zero-order valence-corrected chi connectivity index (χ0v) is 13.0. The van der Waals surface area contributed by atoms with Gasteiger partial charge in [-0.1, -0.05) is 22.9 Å². The second-order valence-electron chi connectivity index (χ2n) is 4.38. The van der Waals surface area contributed by atoms with Crippen LogP contribution in [0.25, 0.3) is 0 Å². The van der Waals surface area contributed by atoms with Crippen molar-refractivity contribution in [3.63, 3.8) is 0 Å². The number of halogens is 1. The van der Waals surface area contributed by atoms with Crippen molar-refractivity contribution in [1.82, 2.24) is 19.9 Å². The highest BCUT2D eigenvalue weighted by Crippen LogP contribution is 2.22. The minimum atomic E-state index is -0.0621. The molecule has 0 aliphatic carbocycles. The van der Waals surface area contributed by atoms with Gasteiger partial charge in [-0.2, -0.15) is 0 Å². The molecule has 0 spiro atoms. The Morgan fingerprint density at radius 1 is 1.57 bits per heavy atom. The van der Waals surface area contributed by atoms with E-state index in [-0.39, 0.29) is 12.5 Å². The van der Waals surface area contributed by atoms with Crippen molar-refractivity contribution >= 4 is 28.8 Å². The summed E-state index contributed by atoms with van der Waals surface area (Å²) < 4.78 is 2.20. The van der Waals surface area contributed by atoms with Crippen molar-refractivity contribution in [3.8, 4) is 0 Å². The molecule has 0 radical (unpaired) electrons. The average molecular weight is 326 g/mol. The Balaban J connectivity index is 2.02. The summed E-state index contributed by atoms with van der Waals surface area (Å²) in [5.41, 5.74) is 6.13. The van der Waals surface area contributed by atoms with Crippen molar-refractivity contribution in [1.29, 1.82) is 0 Å². The highest BCUT2D eigenvalue weighted by Gasteiger charge is 2.15. The molecule has 2 aromatic rings. The first-order chi connectivity index (χ1) is 10.1. The molecular weight excluding hydrogens is 310 g/mol. The van der Waals surface area contributed by atoms with Crippen LogP contribution in [0.3, 0.4) is 0 Å². The van der Waals surface area contributed by atoms with Gasteiger partial charge in [-0.15, -0.1) is 23.0 Å². The summed E-state index contributed by atoms with van der Waals surface area (Å²) in [5, 5.41) is 7.74. The predicted octanol–water partition coefficient (Wildman–Crippen LogP) is 1.67. The molecule has 0 aliphatic heterocycles. The monoisotopic (exact) mass is 325 g/mol. The summed E-state index contributed by atoms with van der Waals surface area (Å²) in [4.78, 5) is 15.1. The number of carbonyl (C=O) groups excluding carboxylic acids is 1. The first kappa shape index (κ1) is 15.7. The standard InChI is InChI=1S/C13H16ClN5OS/c1-2-5-18(8-11-3-4-12(14)21-11)13(20)9-19-7-10(6-15)16-17-19/h2-4,7H,1,5-6,8-9,15H2. The fraction of sp³-hybridized carbons (Fsp3) is 0.308. The second kappa shape index (κ2) is 7.35. The molecule has 0 saturated carbocycles. The van der Waals surface area contributed by atoms with Gasteiger partial charge in [0.25, 0.3) is 0 Å². The van der Waals surface area contributed by atoms with Crippen LogP contribution in [0.4, 0.5) is 0 Å². The molecule has 0 unspecified atom stereocenters. The number of carbonyl (C=O) groups is 1. The van der Waals surface area contributed by atoms with Gasteiger partial charge in [0.1, 0.15) is 6.54 Å². The number of nitrogens with two attached hydrogens (primary N) is 1. The van der Waals surface area contributed by atoms with E-state index in [0.717, 1.165) is 4.88 Å². The minimum Gasteiger partial charge on any atom is -0.332 e. The minimum absolute atomic E-state index is 0.0621. The maximum atomic E-state index is 12.3. The first-order valence-corrected chi connectivity index (χ1v) is 7.53. The lowest BCUT2D eigenvalue weighted by Gasteiger charge is -2.20. The van der Waals surface area contributed by atoms with E-state index in [1.807, 2.05) is 12.1 Å². The molecule has 8 heteroatoms. The van der Waals surface area contributed by atoms with Crippen LogP contribution in [0.5, 0.6) is 0 Å². The van der Waals surface area contributed by atoms with Gasteiger partial charge in [-0.05, 0) is 12.1 Å². The number of nitrogens with zero attached hydrogens (tertiary/aromatic N) is 4. The third-order valence-corrected chi connectivity index (χ3v) is 3.99. The first-order valence-electron chi connectivity index (χ1n) is 6.34. The van der Waals surface area contributed by atoms with E-state index in [9.17, 15) is 4.79 Å². The molecule has 0 aliphatic rings. The summed E-state index contributed by atoms with van der Waals surface area (Å²) >= 11 is 7.37. The summed E-state index contributed by atoms with van der Waals surface area (Å²) in [6.45, 7) is 5.08. The molecule has 6 nitrogen and oxygen atoms in total. The number of hydrogen-bond acceptors (Lipinski definition) is 5. The van der Waals surface area contributed by atoms with Crippen molar-refractivity contribution in [2.75, 3.05) is 6.54 Å². The lowest BCUT2D eigenvalue weighted by molar-refractivity contribution is -0.132. The molecule has 21 heavy (non-hydrogen) atoms. The molecule has 0 saturated heterocycles. The van der Waals surface area contributed by atoms with Crippen molar-refractivity contribution < 1.29 is 4.79 Å². The molecule has 0 fully saturated rings. The Kier molecular flexibility index (Phi) is 5.49. The third kappa shape index (κ3) is 4.38. The zero-order valence-electron chi connectivity index (χ0n) is 11.4. The van der Waals surface area contributed by atoms with Crippen LogP contribution >= 0.6 is 22.9 Å². The van der Waals surface area contributed by atoms with Gasteiger partial charge in [0.05, 0.1) is 22.8 Å². The maximum Gasteiger partial charge on any atom is 0.244 e. The van der Waals surface area contributed by atoms with Crippen molar-refractivity contribution in [3.05, 3.63) is 45.9 Å². The van der Waals surface area contributed by atoms with E-state index >= 15 is 0 Å². The highest BCUT2D eigenvalue weighted by molar-refractivity contribution is 7.16. The smallest absolute Gasteiger partial charge is 0.244 e. The zero-order chi connectivity index (χ0) is 15.2. The van der Waals surface area contributed by atoms with Crippen molar-refractivity contribution in [2.24, 2.45) is 5.73 Å². The number of rotatable bonds is 7. The van der Waals surface area contributed by atoms with Gasteiger partial charge in [-0.3, -0.25) is 4.79 Å². The van der Waals surface area contributed by atoms with E-state index in [4.69, 9.17) is 17.3 Å². The van der Waals surface area contributed by atoms with Gasteiger partial charge in [-0.25, -0.2) is 4.68 Å². The second-order valence-corrected chi connectivity index (χ2v) is 6.18. The Morgan fingerprint density at radius 2 is 2.38 bits per heavy atom. The summed E-state index contributed by atoms with van der Waals surface area (Å²) in [6.07, 6.45) is 3.37. The Bertz CT molecular complexity index is 624. The predicted molar refractivity (Wildman–Crippen MR) is 82.9 cm³/mol. The molecule has 0 bridgehead atoms. The molecule has 112 valence electrons. The van der Waals surface area contributed by atoms with E-state index in [2.05, 4.69) is 16.9 Å². The molecule has 2 aromatic heterocycles. The van der Waals surface area contributed by atoms with E-state index in [1.165, 1.54) is 16.0 Å². The molecule has 0 aromatic carbocycles. The van der Waals surface area contributed by atoms with Gasteiger partial charge in [0.15, 0.2) is 0 Å². The van der Waals surface area contributed by atoms with Gasteiger partial charge < -0.3 is 10.6 Å². The lowest BCUT2D eigenvalue weighted by Crippen LogP contribution is -2.33. The number of hydrogen-bond donors (Lipinski definition) is 1. The fourth-order valence-electron chi connectivity index (χ4n) is 1.78. The Morgan fingerprint density at radius 3 is 2.95 bits per heavy atom. The topological polar surface area (TPSA) is 77.0 Å². The van der Waals surface area contributed by atoms with Crippen LogP contribution in [0.1, 0.15) is 10.6 Å².